The van der Waals surface area contributed by atoms with Crippen molar-refractivity contribution >= 4 is 41.0 Å². The smallest absolute Gasteiger partial charge is 0.334 e. The highest BCUT2D eigenvalue weighted by Crippen LogP contribution is 2.27. The van der Waals surface area contributed by atoms with Crippen molar-refractivity contribution in [3.8, 4) is 5.75 Å². The van der Waals surface area contributed by atoms with E-state index in [0.717, 1.165) is 11.3 Å². The number of nitrogens with zero attached hydrogens (tertiary/aromatic N) is 2. The maximum Gasteiger partial charge on any atom is 0.334 e. The average molecular weight is 368 g/mol. The van der Waals surface area contributed by atoms with Gasteiger partial charge in [-0.15, -0.1) is 0 Å². The van der Waals surface area contributed by atoms with Crippen molar-refractivity contribution in [1.82, 2.24) is 9.80 Å². The molecule has 1 N–H and O–H groups in total. The molecule has 1 aliphatic rings. The predicted molar refractivity (Wildman–Crippen MR) is 90.4 cm³/mol. The van der Waals surface area contributed by atoms with E-state index in [0.29, 0.717) is 27.8 Å². The average Bonchev–Trinajstić information content (AvgIpc) is 2.77. The number of nitrogens with one attached hydrogen (secondary N) is 1. The number of methoxy groups -OCH3 is 1. The SMILES string of the molecule is CCCCN1C(=O)C(=O)N(CC(=O)Nc2ccc(OC)c(Cl)c2)C1=O. The molecule has 5 amide bonds. The number of urea groups is 1. The summed E-state index contributed by atoms with van der Waals surface area (Å²) in [6.45, 7) is 1.51. The first kappa shape index (κ1) is 18.7. The molecule has 0 radical (unpaired) electrons. The maximum absolute atomic E-state index is 12.2. The standard InChI is InChI=1S/C16H18ClN3O5/c1-3-4-7-19-14(22)15(23)20(16(19)24)9-13(21)18-10-5-6-12(25-2)11(17)8-10/h5-6,8H,3-4,7,9H2,1-2H3,(H,18,21). The van der Waals surface area contributed by atoms with Crippen LogP contribution in [0.25, 0.3) is 0 Å². The lowest BCUT2D eigenvalue weighted by molar-refractivity contribution is -0.143. The Balaban J connectivity index is 2.02. The van der Waals surface area contributed by atoms with E-state index in [4.69, 9.17) is 16.3 Å². The molecule has 1 aliphatic heterocycles. The molecule has 1 aromatic rings. The van der Waals surface area contributed by atoms with Crippen LogP contribution in [0.15, 0.2) is 18.2 Å². The lowest BCUT2D eigenvalue weighted by atomic mass is 10.3. The number of unbranched alkanes of at least 4 members (excludes halogenated alkanes) is 1. The first-order valence-corrected chi connectivity index (χ1v) is 8.07. The van der Waals surface area contributed by atoms with Gasteiger partial charge in [0, 0.05) is 12.2 Å². The Kier molecular flexibility index (Phi) is 5.97. The molecule has 0 aliphatic carbocycles. The Bertz CT molecular complexity index is 722. The third-order valence-electron chi connectivity index (χ3n) is 3.61. The molecule has 0 atom stereocenters. The summed E-state index contributed by atoms with van der Waals surface area (Å²) >= 11 is 5.97. The number of amides is 5. The van der Waals surface area contributed by atoms with Gasteiger partial charge in [0.1, 0.15) is 12.3 Å². The van der Waals surface area contributed by atoms with Gasteiger partial charge in [-0.1, -0.05) is 24.9 Å². The number of benzene rings is 1. The lowest BCUT2D eigenvalue weighted by Gasteiger charge is -2.15. The van der Waals surface area contributed by atoms with Crippen LogP contribution in [0.3, 0.4) is 0 Å². The van der Waals surface area contributed by atoms with E-state index < -0.39 is 30.3 Å². The summed E-state index contributed by atoms with van der Waals surface area (Å²) < 4.78 is 5.01. The molecule has 25 heavy (non-hydrogen) atoms. The van der Waals surface area contributed by atoms with Crippen LogP contribution >= 0.6 is 11.6 Å². The van der Waals surface area contributed by atoms with Crippen LogP contribution in [0.2, 0.25) is 5.02 Å². The molecule has 0 bridgehead atoms. The summed E-state index contributed by atoms with van der Waals surface area (Å²) in [5.41, 5.74) is 0.379. The number of carbonyl (C=O) groups is 4. The molecule has 9 heteroatoms. The summed E-state index contributed by atoms with van der Waals surface area (Å²) in [5.74, 6) is -2.07. The van der Waals surface area contributed by atoms with E-state index in [1.165, 1.54) is 13.2 Å². The zero-order valence-corrected chi connectivity index (χ0v) is 14.6. The van der Waals surface area contributed by atoms with E-state index in [1.54, 1.807) is 12.1 Å². The number of anilines is 1. The van der Waals surface area contributed by atoms with Gasteiger partial charge in [0.05, 0.1) is 12.1 Å². The van der Waals surface area contributed by atoms with Crippen LogP contribution in [-0.2, 0) is 14.4 Å². The van der Waals surface area contributed by atoms with Gasteiger partial charge in [0.25, 0.3) is 0 Å². The van der Waals surface area contributed by atoms with Crippen LogP contribution < -0.4 is 10.1 Å². The minimum absolute atomic E-state index is 0.159. The van der Waals surface area contributed by atoms with Crippen molar-refractivity contribution in [3.05, 3.63) is 23.2 Å². The number of carbonyl (C=O) groups excluding carboxylic acids is 4. The quantitative estimate of drug-likeness (QED) is 0.586. The van der Waals surface area contributed by atoms with Gasteiger partial charge >= 0.3 is 17.8 Å². The number of rotatable bonds is 7. The second-order valence-corrected chi connectivity index (χ2v) is 5.79. The molecule has 2 rings (SSSR count). The Hall–Kier alpha value is -2.61. The number of ether oxygens (including phenoxy) is 1. The highest BCUT2D eigenvalue weighted by Gasteiger charge is 2.44. The minimum atomic E-state index is -0.996. The third-order valence-corrected chi connectivity index (χ3v) is 3.90. The molecule has 8 nitrogen and oxygen atoms in total. The predicted octanol–water partition coefficient (Wildman–Crippen LogP) is 1.88. The van der Waals surface area contributed by atoms with Gasteiger partial charge < -0.3 is 10.1 Å². The topological polar surface area (TPSA) is 96.0 Å². The summed E-state index contributed by atoms with van der Waals surface area (Å²) in [7, 11) is 1.46. The molecule has 0 spiro atoms. The van der Waals surface area contributed by atoms with E-state index in [-0.39, 0.29) is 6.54 Å². The normalized spacial score (nSPS) is 14.3. The highest BCUT2D eigenvalue weighted by molar-refractivity contribution is 6.45. The number of halogens is 1. The van der Waals surface area contributed by atoms with Crippen molar-refractivity contribution in [2.45, 2.75) is 19.8 Å². The second kappa shape index (κ2) is 7.98. The molecule has 1 saturated heterocycles. The monoisotopic (exact) mass is 367 g/mol. The van der Waals surface area contributed by atoms with Gasteiger partial charge in [0.2, 0.25) is 5.91 Å². The van der Waals surface area contributed by atoms with Crippen molar-refractivity contribution in [1.29, 1.82) is 0 Å². The zero-order chi connectivity index (χ0) is 18.6. The van der Waals surface area contributed by atoms with Gasteiger partial charge in [-0.05, 0) is 24.6 Å². The minimum Gasteiger partial charge on any atom is -0.495 e. The van der Waals surface area contributed by atoms with E-state index in [9.17, 15) is 19.2 Å². The molecule has 0 unspecified atom stereocenters. The fourth-order valence-corrected chi connectivity index (χ4v) is 2.55. The van der Waals surface area contributed by atoms with Gasteiger partial charge in [-0.3, -0.25) is 19.3 Å². The Morgan fingerprint density at radius 2 is 1.88 bits per heavy atom. The van der Waals surface area contributed by atoms with Crippen LogP contribution in [0, 0.1) is 0 Å². The molecule has 1 fully saturated rings. The van der Waals surface area contributed by atoms with Gasteiger partial charge in [-0.2, -0.15) is 0 Å². The van der Waals surface area contributed by atoms with Crippen LogP contribution in [-0.4, -0.2) is 53.8 Å². The van der Waals surface area contributed by atoms with Crippen LogP contribution in [0.4, 0.5) is 10.5 Å². The number of imide groups is 2. The third kappa shape index (κ3) is 4.08. The molecule has 134 valence electrons. The van der Waals surface area contributed by atoms with Crippen molar-refractivity contribution < 1.29 is 23.9 Å². The summed E-state index contributed by atoms with van der Waals surface area (Å²) in [4.78, 5) is 49.5. The van der Waals surface area contributed by atoms with Gasteiger partial charge in [-0.25, -0.2) is 9.69 Å². The van der Waals surface area contributed by atoms with Crippen LogP contribution in [0.1, 0.15) is 19.8 Å². The Morgan fingerprint density at radius 1 is 1.20 bits per heavy atom. The maximum atomic E-state index is 12.2. The van der Waals surface area contributed by atoms with E-state index >= 15 is 0 Å². The highest BCUT2D eigenvalue weighted by atomic mass is 35.5. The largest absolute Gasteiger partial charge is 0.495 e. The van der Waals surface area contributed by atoms with Crippen molar-refractivity contribution in [3.63, 3.8) is 0 Å². The van der Waals surface area contributed by atoms with Gasteiger partial charge in [0.15, 0.2) is 0 Å². The molecule has 0 aromatic heterocycles. The zero-order valence-electron chi connectivity index (χ0n) is 13.9. The fraction of sp³-hybridized carbons (Fsp3) is 0.375. The summed E-state index contributed by atoms with van der Waals surface area (Å²) in [6.07, 6.45) is 1.36. The van der Waals surface area contributed by atoms with Crippen molar-refractivity contribution in [2.24, 2.45) is 0 Å². The fourth-order valence-electron chi connectivity index (χ4n) is 2.29. The molecular weight excluding hydrogens is 350 g/mol. The first-order valence-electron chi connectivity index (χ1n) is 7.69. The van der Waals surface area contributed by atoms with E-state index in [1.807, 2.05) is 6.92 Å². The Labute approximate surface area is 149 Å². The molecular formula is C16H18ClN3O5. The van der Waals surface area contributed by atoms with Crippen molar-refractivity contribution in [2.75, 3.05) is 25.5 Å². The van der Waals surface area contributed by atoms with Crippen LogP contribution in [0.5, 0.6) is 5.75 Å². The van der Waals surface area contributed by atoms with E-state index in [2.05, 4.69) is 5.32 Å². The lowest BCUT2D eigenvalue weighted by Crippen LogP contribution is -2.39. The number of hydrogen-bond acceptors (Lipinski definition) is 5. The molecule has 1 aromatic carbocycles. The number of hydrogen-bond donors (Lipinski definition) is 1. The summed E-state index contributed by atoms with van der Waals surface area (Å²) in [5, 5.41) is 2.82. The molecule has 0 saturated carbocycles. The Morgan fingerprint density at radius 3 is 2.48 bits per heavy atom. The first-order chi connectivity index (χ1) is 11.9. The second-order valence-electron chi connectivity index (χ2n) is 5.38. The summed E-state index contributed by atoms with van der Waals surface area (Å²) in [6, 6.07) is 3.84. The molecule has 1 heterocycles.